The average molecular weight is 490 g/mol. The summed E-state index contributed by atoms with van der Waals surface area (Å²) in [4.78, 5) is 18.5. The molecule has 0 bridgehead atoms. The average Bonchev–Trinajstić information content (AvgIpc) is 3.16. The maximum atomic E-state index is 12.7. The van der Waals surface area contributed by atoms with Crippen LogP contribution in [-0.4, -0.2) is 79.6 Å². The van der Waals surface area contributed by atoms with Crippen molar-refractivity contribution in [3.8, 4) is 0 Å². The number of morpholine rings is 1. The van der Waals surface area contributed by atoms with Crippen molar-refractivity contribution in [3.63, 3.8) is 0 Å². The summed E-state index contributed by atoms with van der Waals surface area (Å²) in [5.41, 5.74) is 2.30. The van der Waals surface area contributed by atoms with Gasteiger partial charge in [-0.05, 0) is 56.8 Å². The fourth-order valence-electron chi connectivity index (χ4n) is 5.18. The molecule has 1 aromatic rings. The number of halogens is 4. The van der Waals surface area contributed by atoms with Gasteiger partial charge in [-0.3, -0.25) is 4.90 Å². The van der Waals surface area contributed by atoms with E-state index in [1.165, 1.54) is 10.5 Å². The van der Waals surface area contributed by atoms with Crippen LogP contribution in [0.1, 0.15) is 38.2 Å². The number of likely N-dealkylation sites (tertiary alicyclic amines) is 2. The largest absolute Gasteiger partial charge is 0.437 e. The van der Waals surface area contributed by atoms with Gasteiger partial charge in [0.2, 0.25) is 0 Å². The van der Waals surface area contributed by atoms with E-state index in [0.29, 0.717) is 31.3 Å². The second-order valence-corrected chi connectivity index (χ2v) is 9.61. The minimum atomic E-state index is -4.55. The van der Waals surface area contributed by atoms with Crippen LogP contribution >= 0.6 is 11.6 Å². The Balaban J connectivity index is 1.42. The molecular weight excluding hydrogens is 459 g/mol. The lowest BCUT2D eigenvalue weighted by atomic mass is 9.84. The third-order valence-electron chi connectivity index (χ3n) is 7.19. The Morgan fingerprint density at radius 1 is 1.15 bits per heavy atom. The number of rotatable bonds is 4. The Morgan fingerprint density at radius 3 is 2.52 bits per heavy atom. The van der Waals surface area contributed by atoms with Crippen LogP contribution < -0.4 is 4.90 Å². The summed E-state index contributed by atoms with van der Waals surface area (Å²) in [6, 6.07) is 6.03. The Kier molecular flexibility index (Phi) is 7.31. The second-order valence-electron chi connectivity index (χ2n) is 9.18. The molecule has 1 unspecified atom stereocenters. The van der Waals surface area contributed by atoms with Crippen LogP contribution in [0.2, 0.25) is 5.02 Å². The second kappa shape index (κ2) is 9.88. The number of nitrogens with zero attached hydrogens (tertiary/aromatic N) is 3. The number of alkyl halides is 3. The minimum absolute atomic E-state index is 0.0473. The molecule has 1 amide bonds. The van der Waals surface area contributed by atoms with Gasteiger partial charge in [-0.25, -0.2) is 4.79 Å². The monoisotopic (exact) mass is 489 g/mol. The van der Waals surface area contributed by atoms with Gasteiger partial charge in [0.1, 0.15) is 0 Å². The molecule has 10 heteroatoms. The fraction of sp³-hybridized carbons (Fsp3) is 0.696. The van der Waals surface area contributed by atoms with E-state index in [0.717, 1.165) is 64.5 Å². The Bertz CT molecular complexity index is 840. The number of carbonyl (C=O) groups is 1. The lowest BCUT2D eigenvalue weighted by molar-refractivity contribution is -0.200. The topological polar surface area (TPSA) is 45.2 Å². The van der Waals surface area contributed by atoms with Crippen LogP contribution in [0.5, 0.6) is 0 Å². The molecule has 3 saturated heterocycles. The maximum absolute atomic E-state index is 12.7. The normalized spacial score (nSPS) is 22.6. The molecule has 3 heterocycles. The maximum Gasteiger partial charge on any atom is 0.425 e. The molecule has 0 aliphatic carbocycles. The number of hydrogen-bond acceptors (Lipinski definition) is 5. The van der Waals surface area contributed by atoms with E-state index in [2.05, 4.69) is 20.6 Å². The number of ether oxygens (including phenoxy) is 2. The summed E-state index contributed by atoms with van der Waals surface area (Å²) in [5.74, 6) is 0. The van der Waals surface area contributed by atoms with Crippen molar-refractivity contribution in [1.29, 1.82) is 0 Å². The molecule has 184 valence electrons. The predicted octanol–water partition coefficient (Wildman–Crippen LogP) is 4.69. The van der Waals surface area contributed by atoms with Crippen molar-refractivity contribution in [1.82, 2.24) is 9.80 Å². The van der Waals surface area contributed by atoms with Gasteiger partial charge in [-0.1, -0.05) is 17.7 Å². The van der Waals surface area contributed by atoms with Crippen LogP contribution in [-0.2, 0) is 16.0 Å². The highest BCUT2D eigenvalue weighted by molar-refractivity contribution is 6.30. The van der Waals surface area contributed by atoms with Gasteiger partial charge in [0, 0.05) is 49.0 Å². The molecule has 3 fully saturated rings. The number of amides is 1. The first-order valence-electron chi connectivity index (χ1n) is 11.6. The first kappa shape index (κ1) is 24.4. The van der Waals surface area contributed by atoms with Crippen molar-refractivity contribution in [2.45, 2.75) is 57.0 Å². The Hall–Kier alpha value is -1.71. The number of carbonyl (C=O) groups excluding carboxylic acids is 1. The van der Waals surface area contributed by atoms with Crippen molar-refractivity contribution < 1.29 is 27.4 Å². The molecule has 0 aromatic heterocycles. The Morgan fingerprint density at radius 2 is 1.85 bits per heavy atom. The molecule has 1 spiro atoms. The van der Waals surface area contributed by atoms with Crippen LogP contribution in [0, 0.1) is 0 Å². The number of anilines is 1. The summed E-state index contributed by atoms with van der Waals surface area (Å²) in [6.45, 7) is 6.43. The fourth-order valence-corrected chi connectivity index (χ4v) is 5.35. The highest BCUT2D eigenvalue weighted by atomic mass is 35.5. The molecule has 0 radical (unpaired) electrons. The molecule has 1 aromatic carbocycles. The molecule has 3 aliphatic heterocycles. The highest BCUT2D eigenvalue weighted by Crippen LogP contribution is 2.41. The molecule has 0 saturated carbocycles. The third kappa shape index (κ3) is 5.52. The smallest absolute Gasteiger partial charge is 0.425 e. The Labute approximate surface area is 197 Å². The van der Waals surface area contributed by atoms with E-state index in [9.17, 15) is 18.0 Å². The summed E-state index contributed by atoms with van der Waals surface area (Å²) in [7, 11) is 0. The van der Waals surface area contributed by atoms with Gasteiger partial charge in [-0.15, -0.1) is 0 Å². The lowest BCUT2D eigenvalue weighted by Crippen LogP contribution is -2.53. The molecule has 0 N–H and O–H groups in total. The van der Waals surface area contributed by atoms with Gasteiger partial charge in [-0.2, -0.15) is 13.2 Å². The van der Waals surface area contributed by atoms with E-state index >= 15 is 0 Å². The molecule has 4 rings (SSSR count). The third-order valence-corrected chi connectivity index (χ3v) is 7.43. The summed E-state index contributed by atoms with van der Waals surface area (Å²) in [5, 5.41) is 0.705. The van der Waals surface area contributed by atoms with Crippen LogP contribution in [0.3, 0.4) is 0 Å². The molecule has 3 aliphatic rings. The van der Waals surface area contributed by atoms with Crippen molar-refractivity contribution >= 4 is 23.4 Å². The van der Waals surface area contributed by atoms with Gasteiger partial charge < -0.3 is 19.3 Å². The molecule has 6 nitrogen and oxygen atoms in total. The molecule has 33 heavy (non-hydrogen) atoms. The number of piperidine rings is 1. The molecular formula is C23H31ClF3N3O3. The standard InChI is InChI=1S/C23H31ClF3N3O3/c1-17(23(25,26)27)33-21(31)29-9-6-22(7-10-29)5-2-8-30(22)16-18-3-4-19(24)15-20(18)28-11-13-32-14-12-28/h3-4,15,17H,2,5-14,16H2,1H3. The van der Waals surface area contributed by atoms with Gasteiger partial charge in [0.05, 0.1) is 13.2 Å². The van der Waals surface area contributed by atoms with Gasteiger partial charge in [0.15, 0.2) is 6.10 Å². The van der Waals surface area contributed by atoms with Crippen LogP contribution in [0.25, 0.3) is 0 Å². The zero-order valence-electron chi connectivity index (χ0n) is 18.9. The quantitative estimate of drug-likeness (QED) is 0.613. The van der Waals surface area contributed by atoms with Gasteiger partial charge >= 0.3 is 12.3 Å². The molecule has 1 atom stereocenters. The zero-order chi connectivity index (χ0) is 23.6. The van der Waals surface area contributed by atoms with Crippen molar-refractivity contribution in [2.75, 3.05) is 50.8 Å². The van der Waals surface area contributed by atoms with E-state index in [1.807, 2.05) is 12.1 Å². The van der Waals surface area contributed by atoms with Crippen molar-refractivity contribution in [3.05, 3.63) is 28.8 Å². The first-order valence-corrected chi connectivity index (χ1v) is 11.9. The summed E-state index contributed by atoms with van der Waals surface area (Å²) < 4.78 is 48.4. The lowest BCUT2D eigenvalue weighted by Gasteiger charge is -2.45. The summed E-state index contributed by atoms with van der Waals surface area (Å²) in [6.07, 6.45) is -4.00. The highest BCUT2D eigenvalue weighted by Gasteiger charge is 2.45. The van der Waals surface area contributed by atoms with E-state index in [-0.39, 0.29) is 5.54 Å². The zero-order valence-corrected chi connectivity index (χ0v) is 19.6. The van der Waals surface area contributed by atoms with E-state index in [1.54, 1.807) is 0 Å². The van der Waals surface area contributed by atoms with Crippen LogP contribution in [0.15, 0.2) is 18.2 Å². The number of hydrogen-bond donors (Lipinski definition) is 0. The van der Waals surface area contributed by atoms with Gasteiger partial charge in [0.25, 0.3) is 0 Å². The van der Waals surface area contributed by atoms with Crippen molar-refractivity contribution in [2.24, 2.45) is 0 Å². The minimum Gasteiger partial charge on any atom is -0.437 e. The predicted molar refractivity (Wildman–Crippen MR) is 120 cm³/mol. The first-order chi connectivity index (χ1) is 15.7. The van der Waals surface area contributed by atoms with E-state index in [4.69, 9.17) is 16.3 Å². The van der Waals surface area contributed by atoms with E-state index < -0.39 is 18.4 Å². The SMILES string of the molecule is CC(OC(=O)N1CCC2(CCCN2Cc2ccc(Cl)cc2N2CCOCC2)CC1)C(F)(F)F. The number of benzene rings is 1. The summed E-state index contributed by atoms with van der Waals surface area (Å²) >= 11 is 6.31. The van der Waals surface area contributed by atoms with Crippen LogP contribution in [0.4, 0.5) is 23.7 Å².